The molecule has 0 radical (unpaired) electrons. The second-order valence-electron chi connectivity index (χ2n) is 7.19. The molecule has 0 bridgehead atoms. The maximum absolute atomic E-state index is 13.2. The first-order valence-electron chi connectivity index (χ1n) is 9.57. The number of aryl methyl sites for hydroxylation is 1. The highest BCUT2D eigenvalue weighted by atomic mass is 19.1. The Balaban J connectivity index is 2.09. The zero-order chi connectivity index (χ0) is 23.4. The van der Waals surface area contributed by atoms with Crippen molar-refractivity contribution in [1.29, 1.82) is 0 Å². The number of carbonyl (C=O) groups is 4. The lowest BCUT2D eigenvalue weighted by molar-refractivity contribution is -0.148. The molecule has 0 unspecified atom stereocenters. The molecule has 0 saturated heterocycles. The van der Waals surface area contributed by atoms with Crippen molar-refractivity contribution in [1.82, 2.24) is 4.57 Å². The third-order valence-electron chi connectivity index (χ3n) is 4.91. The van der Waals surface area contributed by atoms with Crippen molar-refractivity contribution in [2.24, 2.45) is 0 Å². The number of fused-ring (bicyclic) bond motifs is 1. The van der Waals surface area contributed by atoms with Gasteiger partial charge in [-0.15, -0.1) is 0 Å². The summed E-state index contributed by atoms with van der Waals surface area (Å²) >= 11 is 0. The second kappa shape index (κ2) is 9.34. The molecule has 2 aromatic carbocycles. The minimum Gasteiger partial charge on any atom is -0.481 e. The van der Waals surface area contributed by atoms with E-state index in [0.717, 1.165) is 5.56 Å². The van der Waals surface area contributed by atoms with E-state index >= 15 is 0 Å². The number of carboxylic acids is 2. The largest absolute Gasteiger partial charge is 0.481 e. The van der Waals surface area contributed by atoms with Crippen LogP contribution in [0.2, 0.25) is 0 Å². The predicted octanol–water partition coefficient (Wildman–Crippen LogP) is 2.43. The van der Waals surface area contributed by atoms with Crippen molar-refractivity contribution in [2.45, 2.75) is 25.8 Å². The SMILES string of the molecule is O=C(O)CCc1cn(Cc2ccc(F)cc2)c2ccc(C(=O)CC(=O)C(=O)O)cc2c1=O. The van der Waals surface area contributed by atoms with Crippen LogP contribution in [0.15, 0.2) is 53.5 Å². The molecular weight excluding hydrogens is 421 g/mol. The molecule has 2 N–H and O–H groups in total. The summed E-state index contributed by atoms with van der Waals surface area (Å²) in [5, 5.41) is 17.8. The number of rotatable bonds is 9. The van der Waals surface area contributed by atoms with Gasteiger partial charge in [0.1, 0.15) is 5.82 Å². The molecule has 0 fully saturated rings. The van der Waals surface area contributed by atoms with E-state index in [4.69, 9.17) is 10.2 Å². The average molecular weight is 439 g/mol. The van der Waals surface area contributed by atoms with Crippen LogP contribution in [0, 0.1) is 5.82 Å². The van der Waals surface area contributed by atoms with Gasteiger partial charge in [-0.3, -0.25) is 19.2 Å². The highest BCUT2D eigenvalue weighted by molar-refractivity contribution is 6.37. The molecule has 0 atom stereocenters. The molecule has 0 aliphatic rings. The van der Waals surface area contributed by atoms with Gasteiger partial charge in [-0.05, 0) is 42.3 Å². The molecule has 0 aliphatic heterocycles. The summed E-state index contributed by atoms with van der Waals surface area (Å²) in [6, 6.07) is 9.90. The van der Waals surface area contributed by atoms with E-state index in [1.165, 1.54) is 36.5 Å². The van der Waals surface area contributed by atoms with Gasteiger partial charge in [0.25, 0.3) is 0 Å². The van der Waals surface area contributed by atoms with Crippen LogP contribution < -0.4 is 5.43 Å². The van der Waals surface area contributed by atoms with Crippen LogP contribution in [0.4, 0.5) is 4.39 Å². The van der Waals surface area contributed by atoms with E-state index in [-0.39, 0.29) is 35.9 Å². The first-order chi connectivity index (χ1) is 15.2. The van der Waals surface area contributed by atoms with Gasteiger partial charge in [0, 0.05) is 35.7 Å². The molecule has 3 aromatic rings. The van der Waals surface area contributed by atoms with Crippen LogP contribution in [-0.4, -0.2) is 38.3 Å². The van der Waals surface area contributed by atoms with E-state index in [9.17, 15) is 28.4 Å². The summed E-state index contributed by atoms with van der Waals surface area (Å²) in [6.07, 6.45) is 0.377. The van der Waals surface area contributed by atoms with Crippen LogP contribution in [0.1, 0.15) is 34.3 Å². The molecular formula is C23H18FNO7. The Labute approximate surface area is 180 Å². The smallest absolute Gasteiger partial charge is 0.372 e. The Bertz CT molecular complexity index is 1290. The number of carbonyl (C=O) groups excluding carboxylic acids is 2. The number of aromatic nitrogens is 1. The molecule has 9 heteroatoms. The quantitative estimate of drug-likeness (QED) is 0.297. The van der Waals surface area contributed by atoms with Crippen molar-refractivity contribution in [3.05, 3.63) is 81.4 Å². The molecule has 0 amide bonds. The highest BCUT2D eigenvalue weighted by Gasteiger charge is 2.19. The standard InChI is InChI=1S/C23H18FNO7/c24-16-5-1-13(2-6-16)11-25-12-15(4-8-21(28)29)22(30)17-9-14(3-7-18(17)25)19(26)10-20(27)23(31)32/h1-3,5-7,9,12H,4,8,10-11H2,(H,28,29)(H,31,32). The van der Waals surface area contributed by atoms with Crippen LogP contribution in [0.5, 0.6) is 0 Å². The van der Waals surface area contributed by atoms with Gasteiger partial charge in [0.2, 0.25) is 5.78 Å². The maximum atomic E-state index is 13.2. The van der Waals surface area contributed by atoms with E-state index in [2.05, 4.69) is 0 Å². The van der Waals surface area contributed by atoms with Gasteiger partial charge in [-0.1, -0.05) is 12.1 Å². The Morgan fingerprint density at radius 1 is 0.969 bits per heavy atom. The first-order valence-corrected chi connectivity index (χ1v) is 9.57. The van der Waals surface area contributed by atoms with E-state index in [1.807, 2.05) is 0 Å². The number of hydrogen-bond donors (Lipinski definition) is 2. The summed E-state index contributed by atoms with van der Waals surface area (Å²) in [7, 11) is 0. The minimum absolute atomic E-state index is 0.00656. The molecule has 0 spiro atoms. The van der Waals surface area contributed by atoms with Crippen molar-refractivity contribution in [2.75, 3.05) is 0 Å². The lowest BCUT2D eigenvalue weighted by Gasteiger charge is -2.14. The second-order valence-corrected chi connectivity index (χ2v) is 7.19. The summed E-state index contributed by atoms with van der Waals surface area (Å²) in [4.78, 5) is 58.4. The zero-order valence-electron chi connectivity index (χ0n) is 16.7. The summed E-state index contributed by atoms with van der Waals surface area (Å²) in [6.45, 7) is 0.252. The molecule has 0 aliphatic carbocycles. The average Bonchev–Trinajstić information content (AvgIpc) is 2.75. The Morgan fingerprint density at radius 3 is 2.28 bits per heavy atom. The fourth-order valence-corrected chi connectivity index (χ4v) is 3.29. The molecule has 1 aromatic heterocycles. The van der Waals surface area contributed by atoms with Gasteiger partial charge >= 0.3 is 11.9 Å². The van der Waals surface area contributed by atoms with E-state index in [1.54, 1.807) is 16.7 Å². The molecule has 164 valence electrons. The number of hydrogen-bond acceptors (Lipinski definition) is 5. The number of ketones is 2. The van der Waals surface area contributed by atoms with Crippen LogP contribution >= 0.6 is 0 Å². The van der Waals surface area contributed by atoms with Gasteiger partial charge < -0.3 is 14.8 Å². The summed E-state index contributed by atoms with van der Waals surface area (Å²) in [5.74, 6) is -5.22. The molecule has 32 heavy (non-hydrogen) atoms. The minimum atomic E-state index is -1.73. The predicted molar refractivity (Wildman–Crippen MR) is 111 cm³/mol. The fraction of sp³-hybridized carbons (Fsp3) is 0.174. The summed E-state index contributed by atoms with van der Waals surface area (Å²) in [5.41, 5.74) is 0.921. The van der Waals surface area contributed by atoms with Gasteiger partial charge in [-0.25, -0.2) is 9.18 Å². The van der Waals surface area contributed by atoms with Crippen LogP contribution in [0.25, 0.3) is 10.9 Å². The normalized spacial score (nSPS) is 10.8. The number of pyridine rings is 1. The Morgan fingerprint density at radius 2 is 1.66 bits per heavy atom. The Kier molecular flexibility index (Phi) is 6.58. The fourth-order valence-electron chi connectivity index (χ4n) is 3.29. The summed E-state index contributed by atoms with van der Waals surface area (Å²) < 4.78 is 14.9. The Hall–Kier alpha value is -4.14. The van der Waals surface area contributed by atoms with Crippen molar-refractivity contribution in [3.8, 4) is 0 Å². The molecule has 1 heterocycles. The monoisotopic (exact) mass is 439 g/mol. The number of carboxylic acid groups (broad SMARTS) is 2. The topological polar surface area (TPSA) is 131 Å². The number of Topliss-reactive ketones (excluding diaryl/α,β-unsaturated/α-hetero) is 2. The highest BCUT2D eigenvalue weighted by Crippen LogP contribution is 2.18. The van der Waals surface area contributed by atoms with Crippen molar-refractivity contribution in [3.63, 3.8) is 0 Å². The van der Waals surface area contributed by atoms with Gasteiger partial charge in [0.15, 0.2) is 11.2 Å². The van der Waals surface area contributed by atoms with Crippen LogP contribution in [-0.2, 0) is 27.3 Å². The lowest BCUT2D eigenvalue weighted by Crippen LogP contribution is -2.19. The van der Waals surface area contributed by atoms with Crippen LogP contribution in [0.3, 0.4) is 0 Å². The molecule has 0 saturated carbocycles. The number of halogens is 1. The van der Waals surface area contributed by atoms with Gasteiger partial charge in [-0.2, -0.15) is 0 Å². The third kappa shape index (κ3) is 5.12. The molecule has 8 nitrogen and oxygen atoms in total. The maximum Gasteiger partial charge on any atom is 0.372 e. The number of aliphatic carboxylic acids is 2. The number of benzene rings is 2. The number of nitrogens with zero attached hydrogens (tertiary/aromatic N) is 1. The van der Waals surface area contributed by atoms with Gasteiger partial charge in [0.05, 0.1) is 11.9 Å². The zero-order valence-corrected chi connectivity index (χ0v) is 16.7. The lowest BCUT2D eigenvalue weighted by atomic mass is 10.0. The van der Waals surface area contributed by atoms with E-state index in [0.29, 0.717) is 5.52 Å². The first kappa shape index (κ1) is 22.5. The molecule has 3 rings (SSSR count). The van der Waals surface area contributed by atoms with Crippen molar-refractivity contribution >= 4 is 34.4 Å². The third-order valence-corrected chi connectivity index (χ3v) is 4.91. The van der Waals surface area contributed by atoms with Crippen molar-refractivity contribution < 1.29 is 33.8 Å². The van der Waals surface area contributed by atoms with E-state index < -0.39 is 41.2 Å².